The van der Waals surface area contributed by atoms with Crippen molar-refractivity contribution in [3.63, 3.8) is 0 Å². The second-order valence-electron chi connectivity index (χ2n) is 7.14. The van der Waals surface area contributed by atoms with Crippen molar-refractivity contribution >= 4 is 5.96 Å². The largest absolute Gasteiger partial charge is 0.386 e. The van der Waals surface area contributed by atoms with Crippen LogP contribution in [0.15, 0.2) is 29.3 Å². The van der Waals surface area contributed by atoms with Gasteiger partial charge in [0, 0.05) is 31.2 Å². The Bertz CT molecular complexity index is 588. The Kier molecular flexibility index (Phi) is 5.91. The fraction of sp³-hybridized carbons (Fsp3) is 0.632. The number of guanidine groups is 1. The van der Waals surface area contributed by atoms with Gasteiger partial charge in [-0.2, -0.15) is 0 Å². The van der Waals surface area contributed by atoms with Gasteiger partial charge in [0.2, 0.25) is 0 Å². The highest BCUT2D eigenvalue weighted by Gasteiger charge is 2.38. The third-order valence-corrected chi connectivity index (χ3v) is 5.00. The highest BCUT2D eigenvalue weighted by atomic mass is 19.1. The van der Waals surface area contributed by atoms with E-state index in [-0.39, 0.29) is 12.4 Å². The van der Waals surface area contributed by atoms with E-state index >= 15 is 0 Å². The quantitative estimate of drug-likeness (QED) is 0.544. The van der Waals surface area contributed by atoms with Gasteiger partial charge in [-0.3, -0.25) is 9.89 Å². The monoisotopic (exact) mass is 348 g/mol. The highest BCUT2D eigenvalue weighted by molar-refractivity contribution is 5.80. The van der Waals surface area contributed by atoms with Gasteiger partial charge in [0.15, 0.2) is 5.96 Å². The molecular weight excluding hydrogens is 319 g/mol. The molecule has 1 saturated carbocycles. The van der Waals surface area contributed by atoms with Gasteiger partial charge in [-0.05, 0) is 50.8 Å². The maximum Gasteiger partial charge on any atom is 0.191 e. The number of nitrogens with one attached hydrogen (secondary N) is 2. The average Bonchev–Trinajstić information content (AvgIpc) is 3.37. The number of hydrogen-bond donors (Lipinski definition) is 3. The summed E-state index contributed by atoms with van der Waals surface area (Å²) in [5.41, 5.74) is 0.676. The van der Waals surface area contributed by atoms with E-state index in [4.69, 9.17) is 0 Å². The smallest absolute Gasteiger partial charge is 0.191 e. The number of benzene rings is 1. The molecule has 138 valence electrons. The van der Waals surface area contributed by atoms with Gasteiger partial charge in [-0.25, -0.2) is 4.39 Å². The maximum absolute atomic E-state index is 13.0. The van der Waals surface area contributed by atoms with Crippen molar-refractivity contribution in [3.8, 4) is 0 Å². The summed E-state index contributed by atoms with van der Waals surface area (Å²) in [7, 11) is 0. The van der Waals surface area contributed by atoms with Crippen LogP contribution in [0, 0.1) is 5.82 Å². The van der Waals surface area contributed by atoms with Crippen LogP contribution in [0.5, 0.6) is 0 Å². The molecule has 25 heavy (non-hydrogen) atoms. The Morgan fingerprint density at radius 3 is 2.72 bits per heavy atom. The Labute approximate surface area is 149 Å². The third-order valence-electron chi connectivity index (χ3n) is 5.00. The molecule has 3 rings (SSSR count). The van der Waals surface area contributed by atoms with E-state index in [0.29, 0.717) is 17.6 Å². The Morgan fingerprint density at radius 1 is 1.36 bits per heavy atom. The van der Waals surface area contributed by atoms with Crippen LogP contribution in [0.4, 0.5) is 4.39 Å². The Balaban J connectivity index is 1.56. The molecule has 1 saturated heterocycles. The lowest BCUT2D eigenvalue weighted by Crippen LogP contribution is -2.45. The van der Waals surface area contributed by atoms with Crippen LogP contribution in [-0.4, -0.2) is 53.7 Å². The van der Waals surface area contributed by atoms with Crippen molar-refractivity contribution in [1.29, 1.82) is 0 Å². The number of aliphatic hydroxyl groups excluding tert-OH is 1. The van der Waals surface area contributed by atoms with Crippen LogP contribution in [-0.2, 0) is 0 Å². The highest BCUT2D eigenvalue weighted by Crippen LogP contribution is 2.33. The zero-order chi connectivity index (χ0) is 17.8. The second kappa shape index (κ2) is 8.15. The molecule has 5 nitrogen and oxygen atoms in total. The van der Waals surface area contributed by atoms with Crippen LogP contribution in [0.3, 0.4) is 0 Å². The zero-order valence-electron chi connectivity index (χ0n) is 15.1. The maximum atomic E-state index is 13.0. The lowest BCUT2D eigenvalue weighted by atomic mass is 10.1. The number of aliphatic imine (C=N–C) groups is 1. The number of hydrogen-bond acceptors (Lipinski definition) is 3. The first-order valence-corrected chi connectivity index (χ1v) is 9.31. The molecular formula is C19H29FN4O. The average molecular weight is 348 g/mol. The molecule has 1 aliphatic heterocycles. The molecule has 2 aliphatic rings. The minimum atomic E-state index is -0.735. The van der Waals surface area contributed by atoms with Crippen molar-refractivity contribution in [2.45, 2.75) is 57.3 Å². The van der Waals surface area contributed by atoms with E-state index in [0.717, 1.165) is 31.5 Å². The van der Waals surface area contributed by atoms with E-state index in [1.807, 2.05) is 6.92 Å². The molecule has 1 aliphatic carbocycles. The Morgan fingerprint density at radius 2 is 2.08 bits per heavy atom. The summed E-state index contributed by atoms with van der Waals surface area (Å²) in [5, 5.41) is 17.0. The number of aliphatic hydroxyl groups is 1. The summed E-state index contributed by atoms with van der Waals surface area (Å²) >= 11 is 0. The van der Waals surface area contributed by atoms with E-state index in [9.17, 15) is 9.50 Å². The number of likely N-dealkylation sites (tertiary alicyclic amines) is 1. The molecule has 0 amide bonds. The predicted octanol–water partition coefficient (Wildman–Crippen LogP) is 2.04. The van der Waals surface area contributed by atoms with Crippen molar-refractivity contribution in [1.82, 2.24) is 15.5 Å². The van der Waals surface area contributed by atoms with Gasteiger partial charge in [-0.1, -0.05) is 12.1 Å². The molecule has 2 fully saturated rings. The summed E-state index contributed by atoms with van der Waals surface area (Å²) < 4.78 is 13.0. The molecule has 3 N–H and O–H groups in total. The molecule has 1 aromatic rings. The first-order chi connectivity index (χ1) is 12.1. The fourth-order valence-electron chi connectivity index (χ4n) is 3.56. The topological polar surface area (TPSA) is 59.9 Å². The Hall–Kier alpha value is -1.66. The summed E-state index contributed by atoms with van der Waals surface area (Å²) in [5.74, 6) is 0.434. The predicted molar refractivity (Wildman–Crippen MR) is 98.1 cm³/mol. The van der Waals surface area contributed by atoms with Crippen LogP contribution in [0.2, 0.25) is 0 Å². The third kappa shape index (κ3) is 4.92. The lowest BCUT2D eigenvalue weighted by Gasteiger charge is -2.20. The summed E-state index contributed by atoms with van der Waals surface area (Å²) in [4.78, 5) is 7.11. The van der Waals surface area contributed by atoms with E-state index in [1.165, 1.54) is 25.0 Å². The normalized spacial score (nSPS) is 25.8. The minimum absolute atomic E-state index is 0.246. The molecule has 3 unspecified atom stereocenters. The van der Waals surface area contributed by atoms with Crippen molar-refractivity contribution in [2.75, 3.05) is 19.6 Å². The van der Waals surface area contributed by atoms with Crippen molar-refractivity contribution in [2.24, 2.45) is 4.99 Å². The van der Waals surface area contributed by atoms with Crippen molar-refractivity contribution in [3.05, 3.63) is 35.6 Å². The molecule has 0 aromatic heterocycles. The second-order valence-corrected chi connectivity index (χ2v) is 7.14. The van der Waals surface area contributed by atoms with Gasteiger partial charge < -0.3 is 15.7 Å². The van der Waals surface area contributed by atoms with Gasteiger partial charge in [-0.15, -0.1) is 0 Å². The first kappa shape index (κ1) is 18.1. The summed E-state index contributed by atoms with van der Waals surface area (Å²) in [6.07, 6.45) is 3.03. The summed E-state index contributed by atoms with van der Waals surface area (Å²) in [6, 6.07) is 7.69. The fourth-order valence-corrected chi connectivity index (χ4v) is 3.56. The first-order valence-electron chi connectivity index (χ1n) is 9.31. The van der Waals surface area contributed by atoms with E-state index < -0.39 is 6.10 Å². The lowest BCUT2D eigenvalue weighted by molar-refractivity contribution is 0.187. The number of rotatable bonds is 6. The summed E-state index contributed by atoms with van der Waals surface area (Å²) in [6.45, 7) is 6.39. The van der Waals surface area contributed by atoms with Gasteiger partial charge in [0.25, 0.3) is 0 Å². The van der Waals surface area contributed by atoms with Crippen LogP contribution in [0.25, 0.3) is 0 Å². The molecule has 3 atom stereocenters. The zero-order valence-corrected chi connectivity index (χ0v) is 15.1. The van der Waals surface area contributed by atoms with E-state index in [2.05, 4.69) is 27.4 Å². The van der Waals surface area contributed by atoms with Gasteiger partial charge in [0.05, 0.1) is 12.6 Å². The molecule has 1 heterocycles. The molecule has 0 radical (unpaired) electrons. The molecule has 0 spiro atoms. The minimum Gasteiger partial charge on any atom is -0.386 e. The number of halogens is 1. The van der Waals surface area contributed by atoms with Crippen LogP contribution < -0.4 is 10.6 Å². The molecule has 6 heteroatoms. The van der Waals surface area contributed by atoms with E-state index in [1.54, 1.807) is 12.1 Å². The molecule has 1 aromatic carbocycles. The van der Waals surface area contributed by atoms with Gasteiger partial charge in [0.1, 0.15) is 5.82 Å². The number of nitrogens with zero attached hydrogens (tertiary/aromatic N) is 2. The standard InChI is InChI=1S/C19H29FN4O/c1-3-21-19(22-11-18(25)14-4-6-15(20)7-5-14)23-16-10-13(2)24(12-16)17-8-9-17/h4-7,13,16-18,25H,3,8-12H2,1-2H3,(H2,21,22,23). The SMILES string of the molecule is CCNC(=NCC(O)c1ccc(F)cc1)NC1CC(C)N(C2CC2)C1. The van der Waals surface area contributed by atoms with Crippen LogP contribution in [0.1, 0.15) is 44.8 Å². The van der Waals surface area contributed by atoms with Gasteiger partial charge >= 0.3 is 0 Å². The van der Waals surface area contributed by atoms with Crippen molar-refractivity contribution < 1.29 is 9.50 Å². The molecule has 0 bridgehead atoms. The van der Waals surface area contributed by atoms with Crippen LogP contribution >= 0.6 is 0 Å².